The lowest BCUT2D eigenvalue weighted by molar-refractivity contribution is -0.126. The van der Waals surface area contributed by atoms with Crippen molar-refractivity contribution in [3.05, 3.63) is 93.6 Å². The van der Waals surface area contributed by atoms with Gasteiger partial charge in [0, 0.05) is 41.6 Å². The maximum atomic E-state index is 15.0. The molecule has 0 bridgehead atoms. The normalized spacial score (nSPS) is 15.5. The first kappa shape index (κ1) is 28.4. The standard InChI is InChI=1S/C32H32ClFN4O3/c1-6-29(40)36-12-13-37(20(5)17-36)31-23-15-24(33)22(30-25(34)8-7-9-28(30)39)16-27(23)38(32(41)35-31)26-11-10-21(18(2)3)14-19(26)4/h6-11,14-16,18,20,39H,1,12-13,17H2,2-5H3/t20-/m0/s1. The first-order valence-electron chi connectivity index (χ1n) is 13.5. The molecule has 7 nitrogen and oxygen atoms in total. The molecule has 1 aromatic heterocycles. The van der Waals surface area contributed by atoms with Crippen LogP contribution in [0, 0.1) is 12.7 Å². The van der Waals surface area contributed by atoms with Crippen LogP contribution in [-0.2, 0) is 4.79 Å². The largest absolute Gasteiger partial charge is 0.507 e. The second kappa shape index (κ2) is 11.0. The number of benzene rings is 3. The van der Waals surface area contributed by atoms with Gasteiger partial charge in [-0.25, -0.2) is 9.18 Å². The van der Waals surface area contributed by atoms with Gasteiger partial charge in [0.1, 0.15) is 17.4 Å². The Morgan fingerprint density at radius 1 is 1.20 bits per heavy atom. The summed E-state index contributed by atoms with van der Waals surface area (Å²) in [5, 5.41) is 11.4. The summed E-state index contributed by atoms with van der Waals surface area (Å²) in [6.45, 7) is 13.0. The monoisotopic (exact) mass is 574 g/mol. The highest BCUT2D eigenvalue weighted by Crippen LogP contribution is 2.41. The van der Waals surface area contributed by atoms with Crippen LogP contribution in [0.2, 0.25) is 5.02 Å². The summed E-state index contributed by atoms with van der Waals surface area (Å²) in [6, 6.07) is 13.1. The van der Waals surface area contributed by atoms with Crippen molar-refractivity contribution in [2.24, 2.45) is 0 Å². The Morgan fingerprint density at radius 2 is 1.95 bits per heavy atom. The molecular weight excluding hydrogens is 543 g/mol. The van der Waals surface area contributed by atoms with Gasteiger partial charge in [0.15, 0.2) is 0 Å². The van der Waals surface area contributed by atoms with E-state index in [1.807, 2.05) is 36.9 Å². The van der Waals surface area contributed by atoms with E-state index in [1.165, 1.54) is 28.8 Å². The number of anilines is 1. The number of aromatic hydroxyl groups is 1. The van der Waals surface area contributed by atoms with Crippen molar-refractivity contribution in [2.45, 2.75) is 39.7 Å². The van der Waals surface area contributed by atoms with Crippen LogP contribution in [0.25, 0.3) is 27.7 Å². The van der Waals surface area contributed by atoms with E-state index in [9.17, 15) is 14.7 Å². The van der Waals surface area contributed by atoms with E-state index in [0.717, 1.165) is 11.1 Å². The van der Waals surface area contributed by atoms with Crippen molar-refractivity contribution >= 4 is 34.2 Å². The molecule has 3 aromatic carbocycles. The van der Waals surface area contributed by atoms with Gasteiger partial charge in [0.05, 0.1) is 16.8 Å². The number of phenolic OH excluding ortho intramolecular Hbond substituents is 1. The van der Waals surface area contributed by atoms with Crippen LogP contribution in [0.5, 0.6) is 5.75 Å². The molecule has 1 atom stereocenters. The molecule has 0 saturated carbocycles. The fraction of sp³-hybridized carbons (Fsp3) is 0.281. The number of fused-ring (bicyclic) bond motifs is 1. The van der Waals surface area contributed by atoms with Gasteiger partial charge in [0.2, 0.25) is 5.91 Å². The number of aryl methyl sites for hydroxylation is 1. The van der Waals surface area contributed by atoms with Crippen LogP contribution in [-0.4, -0.2) is 51.1 Å². The number of piperazine rings is 1. The van der Waals surface area contributed by atoms with Crippen LogP contribution in [0.3, 0.4) is 0 Å². The Kier molecular flexibility index (Phi) is 7.62. The number of amides is 1. The fourth-order valence-corrected chi connectivity index (χ4v) is 5.80. The summed E-state index contributed by atoms with van der Waals surface area (Å²) in [6.07, 6.45) is 1.30. The van der Waals surface area contributed by atoms with Crippen molar-refractivity contribution < 1.29 is 14.3 Å². The zero-order valence-electron chi connectivity index (χ0n) is 23.5. The van der Waals surface area contributed by atoms with Crippen LogP contribution in [0.1, 0.15) is 37.8 Å². The highest BCUT2D eigenvalue weighted by Gasteiger charge is 2.29. The summed E-state index contributed by atoms with van der Waals surface area (Å²) in [7, 11) is 0. The van der Waals surface area contributed by atoms with E-state index in [1.54, 1.807) is 17.0 Å². The number of nitrogens with zero attached hydrogens (tertiary/aromatic N) is 4. The number of phenols is 1. The average molecular weight is 575 g/mol. The number of carbonyl (C=O) groups is 1. The Morgan fingerprint density at radius 3 is 2.59 bits per heavy atom. The Labute approximate surface area is 243 Å². The molecule has 1 fully saturated rings. The van der Waals surface area contributed by atoms with E-state index in [2.05, 4.69) is 25.4 Å². The molecule has 41 heavy (non-hydrogen) atoms. The third-order valence-electron chi connectivity index (χ3n) is 7.74. The van der Waals surface area contributed by atoms with Gasteiger partial charge in [0.25, 0.3) is 0 Å². The molecule has 1 N–H and O–H groups in total. The number of carbonyl (C=O) groups excluding carboxylic acids is 1. The molecule has 1 aliphatic rings. The lowest BCUT2D eigenvalue weighted by atomic mass is 9.99. The van der Waals surface area contributed by atoms with Crippen molar-refractivity contribution in [1.82, 2.24) is 14.5 Å². The first-order chi connectivity index (χ1) is 19.5. The van der Waals surface area contributed by atoms with E-state index < -0.39 is 11.5 Å². The quantitative estimate of drug-likeness (QED) is 0.287. The highest BCUT2D eigenvalue weighted by molar-refractivity contribution is 6.34. The second-order valence-electron chi connectivity index (χ2n) is 10.8. The molecule has 0 unspecified atom stereocenters. The number of aromatic nitrogens is 2. The molecule has 9 heteroatoms. The van der Waals surface area contributed by atoms with Gasteiger partial charge in [-0.15, -0.1) is 0 Å². The maximum Gasteiger partial charge on any atom is 0.354 e. The Hall–Kier alpha value is -4.17. The molecule has 1 amide bonds. The first-order valence-corrected chi connectivity index (χ1v) is 13.9. The summed E-state index contributed by atoms with van der Waals surface area (Å²) >= 11 is 6.76. The molecule has 5 rings (SSSR count). The number of hydrogen-bond donors (Lipinski definition) is 1. The van der Waals surface area contributed by atoms with Gasteiger partial charge in [-0.3, -0.25) is 9.36 Å². The fourth-order valence-electron chi connectivity index (χ4n) is 5.54. The van der Waals surface area contributed by atoms with Gasteiger partial charge >= 0.3 is 5.69 Å². The zero-order chi connectivity index (χ0) is 29.6. The summed E-state index contributed by atoms with van der Waals surface area (Å²) in [5.74, 6) is -0.309. The molecule has 1 saturated heterocycles. The van der Waals surface area contributed by atoms with E-state index in [4.69, 9.17) is 11.6 Å². The van der Waals surface area contributed by atoms with E-state index in [-0.39, 0.29) is 33.8 Å². The van der Waals surface area contributed by atoms with Crippen molar-refractivity contribution in [3.63, 3.8) is 0 Å². The van der Waals surface area contributed by atoms with Gasteiger partial charge in [-0.2, -0.15) is 4.98 Å². The minimum atomic E-state index is -0.636. The molecule has 0 spiro atoms. The third kappa shape index (κ3) is 5.08. The second-order valence-corrected chi connectivity index (χ2v) is 11.2. The molecular formula is C32H32ClFN4O3. The smallest absolute Gasteiger partial charge is 0.354 e. The molecule has 2 heterocycles. The van der Waals surface area contributed by atoms with Crippen LogP contribution in [0.15, 0.2) is 66.0 Å². The molecule has 4 aromatic rings. The number of hydrogen-bond acceptors (Lipinski definition) is 5. The number of rotatable bonds is 5. The third-order valence-corrected chi connectivity index (χ3v) is 8.05. The van der Waals surface area contributed by atoms with Gasteiger partial charge in [-0.05, 0) is 67.3 Å². The van der Waals surface area contributed by atoms with Crippen molar-refractivity contribution in [2.75, 3.05) is 24.5 Å². The Balaban J connectivity index is 1.78. The van der Waals surface area contributed by atoms with Gasteiger partial charge in [-0.1, -0.05) is 50.2 Å². The van der Waals surface area contributed by atoms with E-state index >= 15 is 4.39 Å². The average Bonchev–Trinajstić information content (AvgIpc) is 2.93. The molecule has 0 radical (unpaired) electrons. The SMILES string of the molecule is C=CC(=O)N1CCN(c2nc(=O)n(-c3ccc(C(C)C)cc3C)c3cc(-c4c(O)cccc4F)c(Cl)cc23)[C@@H](C)C1. The predicted molar refractivity (Wildman–Crippen MR) is 162 cm³/mol. The zero-order valence-corrected chi connectivity index (χ0v) is 24.2. The van der Waals surface area contributed by atoms with E-state index in [0.29, 0.717) is 48.0 Å². The van der Waals surface area contributed by atoms with Crippen LogP contribution >= 0.6 is 11.6 Å². The summed E-state index contributed by atoms with van der Waals surface area (Å²) < 4.78 is 16.5. The Bertz CT molecular complexity index is 1730. The lowest BCUT2D eigenvalue weighted by Crippen LogP contribution is -2.54. The molecule has 1 aliphatic heterocycles. The van der Waals surface area contributed by atoms with Crippen LogP contribution in [0.4, 0.5) is 10.2 Å². The number of halogens is 2. The highest BCUT2D eigenvalue weighted by atomic mass is 35.5. The minimum Gasteiger partial charge on any atom is -0.507 e. The maximum absolute atomic E-state index is 15.0. The molecule has 212 valence electrons. The minimum absolute atomic E-state index is 0.0476. The summed E-state index contributed by atoms with van der Waals surface area (Å²) in [5.41, 5.74) is 2.83. The van der Waals surface area contributed by atoms with Gasteiger partial charge < -0.3 is 14.9 Å². The summed E-state index contributed by atoms with van der Waals surface area (Å²) in [4.78, 5) is 34.3. The predicted octanol–water partition coefficient (Wildman–Crippen LogP) is 6.21. The van der Waals surface area contributed by atoms with Crippen molar-refractivity contribution in [3.8, 4) is 22.6 Å². The van der Waals surface area contributed by atoms with Crippen molar-refractivity contribution in [1.29, 1.82) is 0 Å². The molecule has 0 aliphatic carbocycles. The topological polar surface area (TPSA) is 78.7 Å². The lowest BCUT2D eigenvalue weighted by Gasteiger charge is -2.40. The van der Waals surface area contributed by atoms with Crippen LogP contribution < -0.4 is 10.6 Å².